The Balaban J connectivity index is 1.91. The molecule has 2 aromatic carbocycles. The maximum absolute atomic E-state index is 13.0. The molecule has 3 aromatic rings. The van der Waals surface area contributed by atoms with E-state index in [1.165, 1.54) is 11.1 Å². The first kappa shape index (κ1) is 15.9. The number of anilines is 1. The Morgan fingerprint density at radius 3 is 2.54 bits per heavy atom. The fraction of sp³-hybridized carbons (Fsp3) is 0.0476. The largest absolute Gasteiger partial charge is 0.711 e. The molecule has 0 fully saturated rings. The summed E-state index contributed by atoms with van der Waals surface area (Å²) >= 11 is 0. The number of amides is 1. The molecule has 1 aliphatic rings. The van der Waals surface area contributed by atoms with Gasteiger partial charge in [0.2, 0.25) is 0 Å². The molecule has 0 aliphatic carbocycles. The quantitative estimate of drug-likeness (QED) is 0.540. The smallest absolute Gasteiger partial charge is 0.347 e. The lowest BCUT2D eigenvalue weighted by Gasteiger charge is -2.15. The van der Waals surface area contributed by atoms with Gasteiger partial charge in [0.15, 0.2) is 0 Å². The summed E-state index contributed by atoms with van der Waals surface area (Å²) in [6.07, 6.45) is 3.27. The van der Waals surface area contributed by atoms with Gasteiger partial charge in [-0.1, -0.05) is 30.3 Å². The molecular weight excluding hydrogens is 328 g/mol. The van der Waals surface area contributed by atoms with E-state index >= 15 is 0 Å². The molecule has 2 heterocycles. The fourth-order valence-electron chi connectivity index (χ4n) is 3.09. The van der Waals surface area contributed by atoms with Crippen LogP contribution in [-0.4, -0.2) is 13.0 Å². The zero-order valence-electron chi connectivity index (χ0n) is 14.1. The minimum absolute atomic E-state index is 0.217. The summed E-state index contributed by atoms with van der Waals surface area (Å²) in [6, 6.07) is 19.9. The molecule has 0 saturated carbocycles. The predicted octanol–water partition coefficient (Wildman–Crippen LogP) is 3.49. The summed E-state index contributed by atoms with van der Waals surface area (Å²) in [5, 5.41) is 12.3. The van der Waals surface area contributed by atoms with Gasteiger partial charge < -0.3 is 9.94 Å². The molecule has 0 spiro atoms. The van der Waals surface area contributed by atoms with Crippen molar-refractivity contribution in [2.24, 2.45) is 0 Å². The summed E-state index contributed by atoms with van der Waals surface area (Å²) in [5.41, 5.74) is 2.91. The van der Waals surface area contributed by atoms with Gasteiger partial charge in [-0.3, -0.25) is 0 Å². The first-order valence-corrected chi connectivity index (χ1v) is 8.17. The predicted molar refractivity (Wildman–Crippen MR) is 99.5 cm³/mol. The second-order valence-electron chi connectivity index (χ2n) is 5.88. The molecule has 0 N–H and O–H groups in total. The lowest BCUT2D eigenvalue weighted by atomic mass is 10.1. The van der Waals surface area contributed by atoms with Gasteiger partial charge in [-0.15, -0.1) is 0 Å². The van der Waals surface area contributed by atoms with Crippen molar-refractivity contribution in [3.05, 3.63) is 94.8 Å². The Morgan fingerprint density at radius 1 is 1.00 bits per heavy atom. The van der Waals surface area contributed by atoms with Crippen LogP contribution < -0.4 is 14.4 Å². The van der Waals surface area contributed by atoms with Crippen LogP contribution in [0.3, 0.4) is 0 Å². The van der Waals surface area contributed by atoms with Gasteiger partial charge in [-0.05, 0) is 42.0 Å². The van der Waals surface area contributed by atoms with Crippen LogP contribution in [0, 0.1) is 5.21 Å². The van der Waals surface area contributed by atoms with Crippen LogP contribution >= 0.6 is 0 Å². The number of carbonyl (C=O) groups is 1. The Hall–Kier alpha value is -3.60. The average Bonchev–Trinajstić information content (AvgIpc) is 2.95. The second kappa shape index (κ2) is 6.37. The Kier molecular flexibility index (Phi) is 3.89. The third-order valence-corrected chi connectivity index (χ3v) is 4.31. The van der Waals surface area contributed by atoms with Crippen molar-refractivity contribution >= 4 is 23.5 Å². The van der Waals surface area contributed by atoms with Crippen molar-refractivity contribution in [2.75, 3.05) is 12.0 Å². The summed E-state index contributed by atoms with van der Waals surface area (Å²) in [4.78, 5) is 14.4. The molecule has 5 heteroatoms. The van der Waals surface area contributed by atoms with Crippen LogP contribution in [0.5, 0.6) is 5.75 Å². The van der Waals surface area contributed by atoms with E-state index in [4.69, 9.17) is 4.74 Å². The standard InChI is InChI=1S/C21H16N2O3/c1-26-16-8-6-7-15(13-16)14-19-17-9-2-3-10-18(17)21(24)23(19)20-11-4-5-12-22(20)25/h2-14H,1H3/b19-14-. The molecule has 1 aromatic heterocycles. The highest BCUT2D eigenvalue weighted by atomic mass is 16.5. The van der Waals surface area contributed by atoms with Gasteiger partial charge in [0.25, 0.3) is 5.82 Å². The number of rotatable bonds is 3. The van der Waals surface area contributed by atoms with Gasteiger partial charge in [-0.2, -0.15) is 4.90 Å². The monoisotopic (exact) mass is 344 g/mol. The van der Waals surface area contributed by atoms with Gasteiger partial charge in [0, 0.05) is 11.6 Å². The number of hydrogen-bond acceptors (Lipinski definition) is 3. The zero-order chi connectivity index (χ0) is 18.1. The Bertz CT molecular complexity index is 1030. The van der Waals surface area contributed by atoms with Crippen LogP contribution in [0.2, 0.25) is 0 Å². The highest BCUT2D eigenvalue weighted by molar-refractivity contribution is 6.23. The molecule has 0 unspecified atom stereocenters. The van der Waals surface area contributed by atoms with E-state index in [-0.39, 0.29) is 11.7 Å². The number of pyridine rings is 1. The topological polar surface area (TPSA) is 56.5 Å². The van der Waals surface area contributed by atoms with E-state index in [1.54, 1.807) is 31.4 Å². The average molecular weight is 344 g/mol. The molecule has 4 rings (SSSR count). The van der Waals surface area contributed by atoms with Gasteiger partial charge in [0.1, 0.15) is 11.4 Å². The molecule has 5 nitrogen and oxygen atoms in total. The third-order valence-electron chi connectivity index (χ3n) is 4.31. The van der Waals surface area contributed by atoms with Gasteiger partial charge in [-0.25, -0.2) is 9.52 Å². The lowest BCUT2D eigenvalue weighted by molar-refractivity contribution is -0.591. The summed E-state index contributed by atoms with van der Waals surface area (Å²) in [5.74, 6) is 0.774. The normalized spacial score (nSPS) is 14.6. The first-order valence-electron chi connectivity index (χ1n) is 8.17. The number of nitrogens with zero attached hydrogens (tertiary/aromatic N) is 2. The van der Waals surface area contributed by atoms with E-state index in [1.807, 2.05) is 48.5 Å². The first-order chi connectivity index (χ1) is 12.7. The maximum atomic E-state index is 13.0. The zero-order valence-corrected chi connectivity index (χ0v) is 14.1. The van der Waals surface area contributed by atoms with Crippen LogP contribution in [0.15, 0.2) is 72.9 Å². The maximum Gasteiger partial charge on any atom is 0.347 e. The van der Waals surface area contributed by atoms with Gasteiger partial charge >= 0.3 is 5.91 Å². The molecule has 0 atom stereocenters. The summed E-state index contributed by atoms with van der Waals surface area (Å²) in [7, 11) is 1.61. The van der Waals surface area contributed by atoms with Crippen LogP contribution in [0.1, 0.15) is 21.5 Å². The number of aromatic nitrogens is 1. The number of ether oxygens (including phenoxy) is 1. The van der Waals surface area contributed by atoms with Gasteiger partial charge in [0.05, 0.1) is 18.9 Å². The van der Waals surface area contributed by atoms with Crippen molar-refractivity contribution in [3.63, 3.8) is 0 Å². The number of carbonyl (C=O) groups excluding carboxylic acids is 1. The summed E-state index contributed by atoms with van der Waals surface area (Å²) in [6.45, 7) is 0. The van der Waals surface area contributed by atoms with Crippen molar-refractivity contribution in [2.45, 2.75) is 0 Å². The Labute approximate surface area is 151 Å². The van der Waals surface area contributed by atoms with Crippen molar-refractivity contribution < 1.29 is 14.3 Å². The molecule has 26 heavy (non-hydrogen) atoms. The van der Waals surface area contributed by atoms with Crippen LogP contribution in [0.4, 0.5) is 5.82 Å². The highest BCUT2D eigenvalue weighted by Crippen LogP contribution is 2.36. The van der Waals surface area contributed by atoms with Crippen molar-refractivity contribution in [1.29, 1.82) is 0 Å². The molecule has 1 amide bonds. The highest BCUT2D eigenvalue weighted by Gasteiger charge is 2.41. The minimum Gasteiger partial charge on any atom is -0.711 e. The molecule has 0 saturated heterocycles. The molecule has 128 valence electrons. The second-order valence-corrected chi connectivity index (χ2v) is 5.88. The number of hydrogen-bond donors (Lipinski definition) is 0. The van der Waals surface area contributed by atoms with E-state index in [0.717, 1.165) is 16.9 Å². The lowest BCUT2D eigenvalue weighted by Crippen LogP contribution is -2.37. The molecule has 1 aliphatic heterocycles. The van der Waals surface area contributed by atoms with Crippen molar-refractivity contribution in [1.82, 2.24) is 0 Å². The number of fused-ring (bicyclic) bond motifs is 1. The third kappa shape index (κ3) is 2.59. The van der Waals surface area contributed by atoms with E-state index < -0.39 is 0 Å². The Morgan fingerprint density at radius 2 is 1.77 bits per heavy atom. The van der Waals surface area contributed by atoms with Crippen molar-refractivity contribution in [3.8, 4) is 5.75 Å². The minimum atomic E-state index is -0.217. The molecule has 0 radical (unpaired) electrons. The van der Waals surface area contributed by atoms with E-state index in [9.17, 15) is 10.0 Å². The van der Waals surface area contributed by atoms with E-state index in [2.05, 4.69) is 0 Å². The molecule has 0 bridgehead atoms. The number of methoxy groups -OCH3 is 1. The van der Waals surface area contributed by atoms with Crippen LogP contribution in [-0.2, 0) is 0 Å². The number of benzene rings is 2. The summed E-state index contributed by atoms with van der Waals surface area (Å²) < 4.78 is 5.97. The SMILES string of the molecule is COc1cccc(/C=C2/c3ccccc3C(=O)N2c2cccc[n+]2[O-])c1. The molecular formula is C21H16N2O3. The fourth-order valence-corrected chi connectivity index (χ4v) is 3.09. The van der Waals surface area contributed by atoms with Crippen LogP contribution in [0.25, 0.3) is 11.8 Å². The van der Waals surface area contributed by atoms with E-state index in [0.29, 0.717) is 16.0 Å².